The Balaban J connectivity index is 1.81. The fourth-order valence-corrected chi connectivity index (χ4v) is 4.40. The van der Waals surface area contributed by atoms with Gasteiger partial charge < -0.3 is 14.8 Å². The molecule has 0 radical (unpaired) electrons. The molecule has 1 N–H and O–H groups in total. The maximum atomic E-state index is 12.7. The number of benzene rings is 1. The quantitative estimate of drug-likeness (QED) is 0.611. The number of sulfonamides is 1. The number of hydrogen-bond donors (Lipinski definition) is 1. The van der Waals surface area contributed by atoms with Crippen LogP contribution in [-0.2, 0) is 19.6 Å². The van der Waals surface area contributed by atoms with Crippen molar-refractivity contribution in [2.75, 3.05) is 39.5 Å². The molecular weight excluding hydrogens is 368 g/mol. The second kappa shape index (κ2) is 11.3. The number of carbonyl (C=O) groups excluding carboxylic acids is 1. The molecule has 1 heterocycles. The summed E-state index contributed by atoms with van der Waals surface area (Å²) in [6.45, 7) is 4.79. The van der Waals surface area contributed by atoms with Crippen LogP contribution < -0.4 is 10.1 Å². The van der Waals surface area contributed by atoms with Gasteiger partial charge in [0.25, 0.3) is 5.91 Å². The number of ether oxygens (including phenoxy) is 2. The summed E-state index contributed by atoms with van der Waals surface area (Å²) in [6.07, 6.45) is 4.71. The van der Waals surface area contributed by atoms with Gasteiger partial charge in [-0.2, -0.15) is 4.31 Å². The minimum absolute atomic E-state index is 0.104. The Labute approximate surface area is 162 Å². The Morgan fingerprint density at radius 1 is 1.11 bits per heavy atom. The van der Waals surface area contributed by atoms with Gasteiger partial charge in [-0.3, -0.25) is 4.79 Å². The molecule has 0 saturated carbocycles. The molecule has 1 fully saturated rings. The second-order valence-corrected chi connectivity index (χ2v) is 8.42. The lowest BCUT2D eigenvalue weighted by Crippen LogP contribution is -2.32. The molecule has 1 aromatic carbocycles. The summed E-state index contributed by atoms with van der Waals surface area (Å²) in [6, 6.07) is 6.26. The molecule has 0 atom stereocenters. The van der Waals surface area contributed by atoms with E-state index >= 15 is 0 Å². The van der Waals surface area contributed by atoms with Crippen molar-refractivity contribution in [3.05, 3.63) is 24.3 Å². The van der Waals surface area contributed by atoms with Crippen LogP contribution in [0.3, 0.4) is 0 Å². The van der Waals surface area contributed by atoms with Crippen molar-refractivity contribution in [2.24, 2.45) is 0 Å². The van der Waals surface area contributed by atoms with Gasteiger partial charge in [-0.15, -0.1) is 0 Å². The number of nitrogens with zero attached hydrogens (tertiary/aromatic N) is 1. The fraction of sp³-hybridized carbons (Fsp3) is 0.632. The average Bonchev–Trinajstić information content (AvgIpc) is 2.96. The van der Waals surface area contributed by atoms with Crippen LogP contribution in [0.15, 0.2) is 29.2 Å². The van der Waals surface area contributed by atoms with Gasteiger partial charge in [0, 0.05) is 32.8 Å². The van der Waals surface area contributed by atoms with E-state index in [-0.39, 0.29) is 17.4 Å². The van der Waals surface area contributed by atoms with Crippen LogP contribution in [0.5, 0.6) is 5.75 Å². The molecule has 2 rings (SSSR count). The molecule has 27 heavy (non-hydrogen) atoms. The summed E-state index contributed by atoms with van der Waals surface area (Å²) in [7, 11) is -3.47. The van der Waals surface area contributed by atoms with Crippen molar-refractivity contribution >= 4 is 15.9 Å². The molecule has 1 aliphatic heterocycles. The van der Waals surface area contributed by atoms with Gasteiger partial charge in [-0.05, 0) is 50.5 Å². The lowest BCUT2D eigenvalue weighted by Gasteiger charge is -2.20. The molecule has 0 spiro atoms. The zero-order valence-electron chi connectivity index (χ0n) is 16.0. The topological polar surface area (TPSA) is 84.9 Å². The minimum Gasteiger partial charge on any atom is -0.484 e. The second-order valence-electron chi connectivity index (χ2n) is 6.48. The third-order valence-electron chi connectivity index (χ3n) is 4.39. The molecule has 1 saturated heterocycles. The molecule has 152 valence electrons. The first kappa shape index (κ1) is 21.7. The van der Waals surface area contributed by atoms with Crippen molar-refractivity contribution in [3.8, 4) is 5.75 Å². The van der Waals surface area contributed by atoms with Gasteiger partial charge in [0.2, 0.25) is 10.0 Å². The molecule has 0 unspecified atom stereocenters. The lowest BCUT2D eigenvalue weighted by atomic mass is 10.2. The fourth-order valence-electron chi connectivity index (χ4n) is 2.89. The zero-order valence-corrected chi connectivity index (χ0v) is 16.8. The Hall–Kier alpha value is -1.64. The number of hydrogen-bond acceptors (Lipinski definition) is 5. The molecule has 0 aromatic heterocycles. The van der Waals surface area contributed by atoms with E-state index in [1.54, 1.807) is 16.4 Å². The van der Waals surface area contributed by atoms with Crippen LogP contribution in [0.2, 0.25) is 0 Å². The van der Waals surface area contributed by atoms with Crippen molar-refractivity contribution in [1.82, 2.24) is 9.62 Å². The van der Waals surface area contributed by atoms with Crippen LogP contribution >= 0.6 is 0 Å². The summed E-state index contributed by atoms with van der Waals surface area (Å²) >= 11 is 0. The summed E-state index contributed by atoms with van der Waals surface area (Å²) in [5.41, 5.74) is 0. The summed E-state index contributed by atoms with van der Waals surface area (Å²) in [5, 5.41) is 2.75. The molecule has 1 aromatic rings. The average molecular weight is 399 g/mol. The summed E-state index contributed by atoms with van der Waals surface area (Å²) in [5.74, 6) is 0.252. The Morgan fingerprint density at radius 3 is 2.41 bits per heavy atom. The highest BCUT2D eigenvalue weighted by Gasteiger charge is 2.24. The van der Waals surface area contributed by atoms with Gasteiger partial charge in [0.05, 0.1) is 4.90 Å². The smallest absolute Gasteiger partial charge is 0.257 e. The minimum atomic E-state index is -3.47. The van der Waals surface area contributed by atoms with E-state index < -0.39 is 10.0 Å². The van der Waals surface area contributed by atoms with Crippen LogP contribution in [0, 0.1) is 0 Å². The molecule has 8 heteroatoms. The van der Waals surface area contributed by atoms with Crippen molar-refractivity contribution in [1.29, 1.82) is 0 Å². The molecule has 7 nitrogen and oxygen atoms in total. The summed E-state index contributed by atoms with van der Waals surface area (Å²) < 4.78 is 37.6. The maximum Gasteiger partial charge on any atom is 0.257 e. The maximum absolute atomic E-state index is 12.7. The normalized spacial score (nSPS) is 15.9. The van der Waals surface area contributed by atoms with Gasteiger partial charge in [-0.1, -0.05) is 12.8 Å². The monoisotopic (exact) mass is 398 g/mol. The van der Waals surface area contributed by atoms with Crippen LogP contribution in [0.25, 0.3) is 0 Å². The van der Waals surface area contributed by atoms with Crippen molar-refractivity contribution < 1.29 is 22.7 Å². The Bertz CT molecular complexity index is 668. The van der Waals surface area contributed by atoms with E-state index in [9.17, 15) is 13.2 Å². The molecule has 0 aliphatic carbocycles. The SMILES string of the molecule is CCOCCCNC(=O)COc1ccc(S(=O)(=O)N2CCCCCC2)cc1. The molecule has 0 bridgehead atoms. The van der Waals surface area contributed by atoms with Gasteiger partial charge in [-0.25, -0.2) is 8.42 Å². The van der Waals surface area contributed by atoms with Gasteiger partial charge in [0.15, 0.2) is 6.61 Å². The standard InChI is InChI=1S/C19H30N2O5S/c1-2-25-15-7-12-20-19(22)16-26-17-8-10-18(11-9-17)27(23,24)21-13-5-3-4-6-14-21/h8-11H,2-7,12-16H2,1H3,(H,20,22). The number of amides is 1. The third-order valence-corrected chi connectivity index (χ3v) is 6.30. The Kier molecular flexibility index (Phi) is 9.03. The third kappa shape index (κ3) is 7.12. The molecular formula is C19H30N2O5S. The van der Waals surface area contributed by atoms with E-state index in [0.717, 1.165) is 32.1 Å². The molecule has 1 amide bonds. The van der Waals surface area contributed by atoms with E-state index in [2.05, 4.69) is 5.32 Å². The van der Waals surface area contributed by atoms with Crippen LogP contribution in [0.4, 0.5) is 0 Å². The van der Waals surface area contributed by atoms with Gasteiger partial charge >= 0.3 is 0 Å². The Morgan fingerprint density at radius 2 is 1.78 bits per heavy atom. The lowest BCUT2D eigenvalue weighted by molar-refractivity contribution is -0.123. The highest BCUT2D eigenvalue weighted by atomic mass is 32.2. The van der Waals surface area contributed by atoms with E-state index in [4.69, 9.17) is 9.47 Å². The number of nitrogens with one attached hydrogen (secondary N) is 1. The van der Waals surface area contributed by atoms with E-state index in [1.807, 2.05) is 6.92 Å². The first-order valence-corrected chi connectivity index (χ1v) is 11.1. The zero-order chi connectivity index (χ0) is 19.5. The van der Waals surface area contributed by atoms with Crippen LogP contribution in [0.1, 0.15) is 39.0 Å². The van der Waals surface area contributed by atoms with E-state index in [0.29, 0.717) is 38.6 Å². The van der Waals surface area contributed by atoms with Crippen molar-refractivity contribution in [3.63, 3.8) is 0 Å². The number of carbonyl (C=O) groups is 1. The summed E-state index contributed by atoms with van der Waals surface area (Å²) in [4.78, 5) is 12.0. The van der Waals surface area contributed by atoms with Crippen LogP contribution in [-0.4, -0.2) is 58.1 Å². The highest BCUT2D eigenvalue weighted by molar-refractivity contribution is 7.89. The first-order valence-electron chi connectivity index (χ1n) is 9.61. The number of rotatable bonds is 10. The van der Waals surface area contributed by atoms with Gasteiger partial charge in [0.1, 0.15) is 5.75 Å². The largest absolute Gasteiger partial charge is 0.484 e. The first-order chi connectivity index (χ1) is 13.0. The van der Waals surface area contributed by atoms with E-state index in [1.165, 1.54) is 12.1 Å². The van der Waals surface area contributed by atoms with Crippen molar-refractivity contribution in [2.45, 2.75) is 43.9 Å². The predicted octanol–water partition coefficient (Wildman–Crippen LogP) is 2.17. The highest BCUT2D eigenvalue weighted by Crippen LogP contribution is 2.22. The predicted molar refractivity (Wildman–Crippen MR) is 103 cm³/mol. The molecule has 1 aliphatic rings.